The molecule has 0 rings (SSSR count). The Hall–Kier alpha value is -4.74. The predicted octanol–water partition coefficient (Wildman–Crippen LogP) is 19.2. The zero-order chi connectivity index (χ0) is 50.6. The first-order valence-electron chi connectivity index (χ1n) is 27.7. The molecule has 0 amide bonds. The summed E-state index contributed by atoms with van der Waals surface area (Å²) in [6.07, 6.45) is 88.1. The molecule has 0 fully saturated rings. The molecule has 0 heterocycles. The molecule has 0 aromatic carbocycles. The largest absolute Gasteiger partial charge is 0.462 e. The van der Waals surface area contributed by atoms with E-state index in [9.17, 15) is 9.59 Å². The number of esters is 2. The van der Waals surface area contributed by atoms with Gasteiger partial charge in [0.25, 0.3) is 0 Å². The molecule has 0 aromatic rings. The standard InChI is InChI=1S/C65H100O5/c1-4-7-10-13-16-19-22-25-28-31-32-33-36-39-42-45-48-51-54-57-60-68-61-63(70-65(67)59-56-53-50-47-44-41-38-35-30-27-24-21-18-15-12-9-6-3)62-69-64(66)58-55-52-49-46-43-40-37-34-29-26-23-20-17-14-11-8-5-2/h7-12,16-21,25-30,32-33,37-42,48,51,63H,4-6,13-15,22-24,31,34-36,43-47,49-50,52-62H2,1-3H3/b10-7-,11-8-,12-9-,19-16-,20-17-,21-18-,28-25-,29-26-,30-27-,33-32-,40-37-,41-38-,42-39-,51-48-. The summed E-state index contributed by atoms with van der Waals surface area (Å²) in [5.74, 6) is -0.499. The fraction of sp³-hybridized carbons (Fsp3) is 0.538. The van der Waals surface area contributed by atoms with Crippen molar-refractivity contribution in [2.45, 2.75) is 207 Å². The van der Waals surface area contributed by atoms with E-state index in [0.29, 0.717) is 19.4 Å². The fourth-order valence-corrected chi connectivity index (χ4v) is 6.74. The average molecular weight is 962 g/mol. The minimum Gasteiger partial charge on any atom is -0.462 e. The third-order valence-corrected chi connectivity index (χ3v) is 10.7. The molecule has 1 atom stereocenters. The average Bonchev–Trinajstić information content (AvgIpc) is 3.36. The van der Waals surface area contributed by atoms with Gasteiger partial charge in [0.05, 0.1) is 6.61 Å². The van der Waals surface area contributed by atoms with Gasteiger partial charge in [0.2, 0.25) is 0 Å². The summed E-state index contributed by atoms with van der Waals surface area (Å²) in [6, 6.07) is 0. The zero-order valence-corrected chi connectivity index (χ0v) is 44.7. The second-order valence-electron chi connectivity index (χ2n) is 17.3. The maximum absolute atomic E-state index is 12.8. The van der Waals surface area contributed by atoms with Gasteiger partial charge in [-0.25, -0.2) is 0 Å². The van der Waals surface area contributed by atoms with Crippen LogP contribution in [-0.4, -0.2) is 37.9 Å². The van der Waals surface area contributed by atoms with Crippen LogP contribution in [0.3, 0.4) is 0 Å². The number of hydrogen-bond donors (Lipinski definition) is 0. The van der Waals surface area contributed by atoms with Crippen LogP contribution in [0.4, 0.5) is 0 Å². The van der Waals surface area contributed by atoms with Gasteiger partial charge in [-0.2, -0.15) is 0 Å². The fourth-order valence-electron chi connectivity index (χ4n) is 6.74. The van der Waals surface area contributed by atoms with Crippen LogP contribution < -0.4 is 0 Å². The highest BCUT2D eigenvalue weighted by atomic mass is 16.6. The smallest absolute Gasteiger partial charge is 0.306 e. The van der Waals surface area contributed by atoms with Gasteiger partial charge < -0.3 is 14.2 Å². The lowest BCUT2D eigenvalue weighted by Crippen LogP contribution is -2.30. The van der Waals surface area contributed by atoms with Gasteiger partial charge in [0.1, 0.15) is 6.61 Å². The highest BCUT2D eigenvalue weighted by molar-refractivity contribution is 5.70. The first-order chi connectivity index (χ1) is 34.6. The second kappa shape index (κ2) is 58.6. The van der Waals surface area contributed by atoms with Crippen molar-refractivity contribution in [2.24, 2.45) is 0 Å². The lowest BCUT2D eigenvalue weighted by atomic mass is 10.1. The first-order valence-corrected chi connectivity index (χ1v) is 27.7. The van der Waals surface area contributed by atoms with E-state index in [1.54, 1.807) is 0 Å². The highest BCUT2D eigenvalue weighted by Gasteiger charge is 2.17. The molecular formula is C65H100O5. The molecule has 0 aliphatic heterocycles. The van der Waals surface area contributed by atoms with Gasteiger partial charge >= 0.3 is 11.9 Å². The summed E-state index contributed by atoms with van der Waals surface area (Å²) in [7, 11) is 0. The van der Waals surface area contributed by atoms with Crippen molar-refractivity contribution in [2.75, 3.05) is 19.8 Å². The minimum absolute atomic E-state index is 0.0262. The van der Waals surface area contributed by atoms with Crippen molar-refractivity contribution in [3.63, 3.8) is 0 Å². The number of carbonyl (C=O) groups is 2. The number of unbranched alkanes of at least 4 members (excludes halogenated alkanes) is 9. The Balaban J connectivity index is 4.52. The molecule has 0 N–H and O–H groups in total. The summed E-state index contributed by atoms with van der Waals surface area (Å²) >= 11 is 0. The number of ether oxygens (including phenoxy) is 3. The Labute approximate surface area is 430 Å². The van der Waals surface area contributed by atoms with E-state index in [2.05, 4.69) is 191 Å². The molecule has 0 aliphatic rings. The molecule has 0 aliphatic carbocycles. The number of rotatable bonds is 48. The van der Waals surface area contributed by atoms with Gasteiger partial charge in [0.15, 0.2) is 6.10 Å². The summed E-state index contributed by atoms with van der Waals surface area (Å²) < 4.78 is 17.3. The van der Waals surface area contributed by atoms with Gasteiger partial charge in [-0.3, -0.25) is 9.59 Å². The molecule has 390 valence electrons. The van der Waals surface area contributed by atoms with Crippen molar-refractivity contribution < 1.29 is 23.8 Å². The van der Waals surface area contributed by atoms with Crippen molar-refractivity contribution in [3.05, 3.63) is 170 Å². The maximum atomic E-state index is 12.8. The highest BCUT2D eigenvalue weighted by Crippen LogP contribution is 2.11. The molecule has 0 radical (unpaired) electrons. The van der Waals surface area contributed by atoms with Crippen LogP contribution in [0.25, 0.3) is 0 Å². The Bertz CT molecular complexity index is 1600. The molecule has 0 aromatic heterocycles. The van der Waals surface area contributed by atoms with E-state index in [4.69, 9.17) is 14.2 Å². The number of hydrogen-bond acceptors (Lipinski definition) is 5. The van der Waals surface area contributed by atoms with Gasteiger partial charge in [-0.05, 0) is 141 Å². The SMILES string of the molecule is CC/C=C\C/C=C\C/C=C\C/C=C\C/C=C\C/C=C\CCCOCC(COC(=O)CCCCCC/C=C\C/C=C\C/C=C\C/C=C\CC)OC(=O)CCCCCC/C=C\C/C=C\C/C=C\C/C=C\CC. The van der Waals surface area contributed by atoms with Crippen LogP contribution in [-0.2, 0) is 23.8 Å². The molecule has 0 spiro atoms. The molecular weight excluding hydrogens is 861 g/mol. The van der Waals surface area contributed by atoms with E-state index in [1.807, 2.05) is 0 Å². The van der Waals surface area contributed by atoms with E-state index in [1.165, 1.54) is 0 Å². The monoisotopic (exact) mass is 961 g/mol. The van der Waals surface area contributed by atoms with E-state index >= 15 is 0 Å². The molecule has 5 heteroatoms. The lowest BCUT2D eigenvalue weighted by molar-refractivity contribution is -0.163. The zero-order valence-electron chi connectivity index (χ0n) is 44.7. The van der Waals surface area contributed by atoms with Crippen LogP contribution in [0.5, 0.6) is 0 Å². The topological polar surface area (TPSA) is 61.8 Å². The van der Waals surface area contributed by atoms with Crippen LogP contribution in [0.2, 0.25) is 0 Å². The normalized spacial score (nSPS) is 13.6. The number of carbonyl (C=O) groups excluding carboxylic acids is 2. The Kier molecular flexibility index (Phi) is 54.6. The third-order valence-electron chi connectivity index (χ3n) is 10.7. The molecule has 1 unspecified atom stereocenters. The van der Waals surface area contributed by atoms with Crippen molar-refractivity contribution in [1.82, 2.24) is 0 Å². The van der Waals surface area contributed by atoms with Gasteiger partial charge in [-0.15, -0.1) is 0 Å². The third kappa shape index (κ3) is 55.9. The Morgan fingerprint density at radius 2 is 0.600 bits per heavy atom. The maximum Gasteiger partial charge on any atom is 0.306 e. The quantitative estimate of drug-likeness (QED) is 0.0345. The second-order valence-corrected chi connectivity index (χ2v) is 17.3. The van der Waals surface area contributed by atoms with Crippen molar-refractivity contribution >= 4 is 11.9 Å². The lowest BCUT2D eigenvalue weighted by Gasteiger charge is -2.18. The van der Waals surface area contributed by atoms with Crippen LogP contribution in [0.15, 0.2) is 170 Å². The van der Waals surface area contributed by atoms with Crippen LogP contribution >= 0.6 is 0 Å². The molecule has 70 heavy (non-hydrogen) atoms. The molecule has 5 nitrogen and oxygen atoms in total. The first kappa shape index (κ1) is 65.3. The van der Waals surface area contributed by atoms with E-state index < -0.39 is 6.10 Å². The van der Waals surface area contributed by atoms with Gasteiger partial charge in [-0.1, -0.05) is 217 Å². The van der Waals surface area contributed by atoms with E-state index in [0.717, 1.165) is 167 Å². The molecule has 0 saturated heterocycles. The van der Waals surface area contributed by atoms with E-state index in [-0.39, 0.29) is 25.2 Å². The van der Waals surface area contributed by atoms with Crippen molar-refractivity contribution in [3.8, 4) is 0 Å². The Morgan fingerprint density at radius 1 is 0.314 bits per heavy atom. The molecule has 0 saturated carbocycles. The summed E-state index contributed by atoms with van der Waals surface area (Å²) in [6.45, 7) is 7.26. The van der Waals surface area contributed by atoms with Gasteiger partial charge in [0, 0.05) is 19.4 Å². The minimum atomic E-state index is -0.605. The van der Waals surface area contributed by atoms with Crippen molar-refractivity contribution in [1.29, 1.82) is 0 Å². The molecule has 0 bridgehead atoms. The summed E-state index contributed by atoms with van der Waals surface area (Å²) in [5, 5.41) is 0. The Morgan fingerprint density at radius 3 is 0.943 bits per heavy atom. The van der Waals surface area contributed by atoms with Crippen LogP contribution in [0, 0.1) is 0 Å². The summed E-state index contributed by atoms with van der Waals surface area (Å²) in [5.41, 5.74) is 0. The predicted molar refractivity (Wildman–Crippen MR) is 306 cm³/mol. The number of allylic oxidation sites excluding steroid dienone is 28. The van der Waals surface area contributed by atoms with Crippen LogP contribution in [0.1, 0.15) is 201 Å². The summed E-state index contributed by atoms with van der Waals surface area (Å²) in [4.78, 5) is 25.5.